The third-order valence-corrected chi connectivity index (χ3v) is 2.95. The molecular formula is C11H17BrN2. The molecule has 0 saturated carbocycles. The average molecular weight is 257 g/mol. The molecule has 0 spiro atoms. The standard InChI is InChI=1S/C11H17BrN2/c1-8-3-4-10(7-11(8)12)14-6-5-9(2)13/h3-4,7,9,14H,5-6,13H2,1-2H3. The first-order valence-electron chi connectivity index (χ1n) is 4.85. The SMILES string of the molecule is Cc1ccc(NCCC(C)N)cc1Br. The van der Waals surface area contributed by atoms with Crippen molar-refractivity contribution in [1.29, 1.82) is 0 Å². The molecular weight excluding hydrogens is 240 g/mol. The molecule has 78 valence electrons. The number of rotatable bonds is 4. The van der Waals surface area contributed by atoms with Gasteiger partial charge in [0.15, 0.2) is 0 Å². The van der Waals surface area contributed by atoms with Gasteiger partial charge in [0.25, 0.3) is 0 Å². The lowest BCUT2D eigenvalue weighted by Crippen LogP contribution is -2.19. The molecule has 1 aromatic rings. The quantitative estimate of drug-likeness (QED) is 0.870. The van der Waals surface area contributed by atoms with Crippen LogP contribution in [0.2, 0.25) is 0 Å². The second-order valence-corrected chi connectivity index (χ2v) is 4.51. The largest absolute Gasteiger partial charge is 0.385 e. The number of aryl methyl sites for hydroxylation is 1. The van der Waals surface area contributed by atoms with E-state index in [1.165, 1.54) is 5.56 Å². The second kappa shape index (κ2) is 5.37. The number of nitrogens with two attached hydrogens (primary N) is 1. The van der Waals surface area contributed by atoms with Gasteiger partial charge in [-0.1, -0.05) is 22.0 Å². The number of hydrogen-bond donors (Lipinski definition) is 2. The second-order valence-electron chi connectivity index (χ2n) is 3.66. The first kappa shape index (κ1) is 11.5. The number of benzene rings is 1. The Bertz CT molecular complexity index is 297. The molecule has 0 bridgehead atoms. The van der Waals surface area contributed by atoms with Crippen LogP contribution >= 0.6 is 15.9 Å². The van der Waals surface area contributed by atoms with Crippen molar-refractivity contribution in [2.45, 2.75) is 26.3 Å². The molecule has 0 aliphatic heterocycles. The molecule has 0 amide bonds. The van der Waals surface area contributed by atoms with Gasteiger partial charge in [0, 0.05) is 22.7 Å². The highest BCUT2D eigenvalue weighted by atomic mass is 79.9. The van der Waals surface area contributed by atoms with Crippen molar-refractivity contribution < 1.29 is 0 Å². The van der Waals surface area contributed by atoms with Crippen molar-refractivity contribution in [3.8, 4) is 0 Å². The average Bonchev–Trinajstić information content (AvgIpc) is 2.10. The van der Waals surface area contributed by atoms with E-state index in [9.17, 15) is 0 Å². The van der Waals surface area contributed by atoms with E-state index in [2.05, 4.69) is 46.4 Å². The predicted octanol–water partition coefficient (Wildman–Crippen LogP) is 2.91. The summed E-state index contributed by atoms with van der Waals surface area (Å²) in [5, 5.41) is 3.33. The van der Waals surface area contributed by atoms with Gasteiger partial charge in [-0.15, -0.1) is 0 Å². The fourth-order valence-electron chi connectivity index (χ4n) is 1.15. The highest BCUT2D eigenvalue weighted by Gasteiger charge is 1.97. The van der Waals surface area contributed by atoms with Crippen molar-refractivity contribution >= 4 is 21.6 Å². The zero-order valence-electron chi connectivity index (χ0n) is 8.68. The number of halogens is 1. The maximum Gasteiger partial charge on any atom is 0.0351 e. The maximum atomic E-state index is 5.66. The van der Waals surface area contributed by atoms with E-state index in [0.29, 0.717) is 0 Å². The lowest BCUT2D eigenvalue weighted by atomic mass is 10.2. The summed E-state index contributed by atoms with van der Waals surface area (Å²) in [6.07, 6.45) is 0.992. The summed E-state index contributed by atoms with van der Waals surface area (Å²) in [7, 11) is 0. The molecule has 1 unspecified atom stereocenters. The Morgan fingerprint density at radius 3 is 2.79 bits per heavy atom. The van der Waals surface area contributed by atoms with Gasteiger partial charge in [0.1, 0.15) is 0 Å². The van der Waals surface area contributed by atoms with E-state index >= 15 is 0 Å². The van der Waals surface area contributed by atoms with Crippen LogP contribution in [0.3, 0.4) is 0 Å². The van der Waals surface area contributed by atoms with Crippen LogP contribution in [0, 0.1) is 6.92 Å². The molecule has 0 fully saturated rings. The lowest BCUT2D eigenvalue weighted by molar-refractivity contribution is 0.690. The maximum absolute atomic E-state index is 5.66. The molecule has 0 radical (unpaired) electrons. The first-order valence-corrected chi connectivity index (χ1v) is 5.64. The molecule has 0 aliphatic carbocycles. The highest BCUT2D eigenvalue weighted by molar-refractivity contribution is 9.10. The minimum Gasteiger partial charge on any atom is -0.385 e. The van der Waals surface area contributed by atoms with E-state index in [0.717, 1.165) is 23.1 Å². The molecule has 0 aliphatic rings. The Hall–Kier alpha value is -0.540. The molecule has 1 aromatic carbocycles. The molecule has 0 aromatic heterocycles. The van der Waals surface area contributed by atoms with E-state index in [-0.39, 0.29) is 6.04 Å². The van der Waals surface area contributed by atoms with E-state index in [4.69, 9.17) is 5.73 Å². The molecule has 0 heterocycles. The van der Waals surface area contributed by atoms with Crippen LogP contribution in [0.5, 0.6) is 0 Å². The van der Waals surface area contributed by atoms with Crippen LogP contribution in [-0.4, -0.2) is 12.6 Å². The van der Waals surface area contributed by atoms with Crippen LogP contribution in [0.15, 0.2) is 22.7 Å². The smallest absolute Gasteiger partial charge is 0.0351 e. The minimum atomic E-state index is 0.261. The lowest BCUT2D eigenvalue weighted by Gasteiger charge is -2.09. The van der Waals surface area contributed by atoms with Crippen molar-refractivity contribution in [2.75, 3.05) is 11.9 Å². The third kappa shape index (κ3) is 3.68. The third-order valence-electron chi connectivity index (χ3n) is 2.10. The van der Waals surface area contributed by atoms with Gasteiger partial charge in [0.2, 0.25) is 0 Å². The molecule has 3 N–H and O–H groups in total. The normalized spacial score (nSPS) is 12.6. The van der Waals surface area contributed by atoms with Gasteiger partial charge < -0.3 is 11.1 Å². The molecule has 0 saturated heterocycles. The van der Waals surface area contributed by atoms with Gasteiger partial charge in [-0.05, 0) is 38.0 Å². The summed E-state index contributed by atoms with van der Waals surface area (Å²) in [6.45, 7) is 5.02. The monoisotopic (exact) mass is 256 g/mol. The molecule has 1 atom stereocenters. The molecule has 3 heteroatoms. The van der Waals surface area contributed by atoms with E-state index in [1.807, 2.05) is 6.92 Å². The van der Waals surface area contributed by atoms with E-state index < -0.39 is 0 Å². The topological polar surface area (TPSA) is 38.0 Å². The van der Waals surface area contributed by atoms with Crippen LogP contribution in [0.1, 0.15) is 18.9 Å². The van der Waals surface area contributed by atoms with Gasteiger partial charge in [-0.25, -0.2) is 0 Å². The summed E-state index contributed by atoms with van der Waals surface area (Å²) in [5.74, 6) is 0. The summed E-state index contributed by atoms with van der Waals surface area (Å²) >= 11 is 3.50. The Balaban J connectivity index is 2.47. The van der Waals surface area contributed by atoms with Gasteiger partial charge >= 0.3 is 0 Å². The minimum absolute atomic E-state index is 0.261. The van der Waals surface area contributed by atoms with Crippen LogP contribution in [0.25, 0.3) is 0 Å². The summed E-state index contributed by atoms with van der Waals surface area (Å²) in [4.78, 5) is 0. The first-order chi connectivity index (χ1) is 6.59. The zero-order chi connectivity index (χ0) is 10.6. The zero-order valence-corrected chi connectivity index (χ0v) is 10.3. The van der Waals surface area contributed by atoms with Crippen molar-refractivity contribution in [1.82, 2.24) is 0 Å². The Morgan fingerprint density at radius 1 is 1.50 bits per heavy atom. The van der Waals surface area contributed by atoms with Crippen LogP contribution in [0.4, 0.5) is 5.69 Å². The van der Waals surface area contributed by atoms with Gasteiger partial charge in [-0.3, -0.25) is 0 Å². The van der Waals surface area contributed by atoms with Crippen molar-refractivity contribution in [3.63, 3.8) is 0 Å². The van der Waals surface area contributed by atoms with Crippen molar-refractivity contribution in [2.24, 2.45) is 5.73 Å². The Labute approximate surface area is 94.0 Å². The Kier molecular flexibility index (Phi) is 4.42. The molecule has 1 rings (SSSR count). The number of nitrogens with one attached hydrogen (secondary N) is 1. The predicted molar refractivity (Wildman–Crippen MR) is 65.6 cm³/mol. The Morgan fingerprint density at radius 2 is 2.21 bits per heavy atom. The summed E-state index contributed by atoms with van der Waals surface area (Å²) in [6, 6.07) is 6.53. The van der Waals surface area contributed by atoms with Crippen molar-refractivity contribution in [3.05, 3.63) is 28.2 Å². The fourth-order valence-corrected chi connectivity index (χ4v) is 1.53. The molecule has 2 nitrogen and oxygen atoms in total. The fraction of sp³-hybridized carbons (Fsp3) is 0.455. The van der Waals surface area contributed by atoms with E-state index in [1.54, 1.807) is 0 Å². The number of hydrogen-bond acceptors (Lipinski definition) is 2. The summed E-state index contributed by atoms with van der Waals surface area (Å²) < 4.78 is 1.14. The van der Waals surface area contributed by atoms with Gasteiger partial charge in [0.05, 0.1) is 0 Å². The highest BCUT2D eigenvalue weighted by Crippen LogP contribution is 2.20. The molecule has 14 heavy (non-hydrogen) atoms. The van der Waals surface area contributed by atoms with Crippen LogP contribution < -0.4 is 11.1 Å². The summed E-state index contributed by atoms with van der Waals surface area (Å²) in [5.41, 5.74) is 8.06. The van der Waals surface area contributed by atoms with Crippen LogP contribution in [-0.2, 0) is 0 Å². The number of anilines is 1. The van der Waals surface area contributed by atoms with Gasteiger partial charge in [-0.2, -0.15) is 0 Å².